The van der Waals surface area contributed by atoms with Crippen molar-refractivity contribution in [2.45, 2.75) is 12.6 Å². The molecule has 1 aliphatic rings. The largest absolute Gasteiger partial charge is 0.490 e. The molecular weight excluding hydrogens is 251 g/mol. The highest BCUT2D eigenvalue weighted by atomic mass is 31.1. The Morgan fingerprint density at radius 1 is 1.56 bits per heavy atom. The first-order chi connectivity index (χ1) is 8.61. The summed E-state index contributed by atoms with van der Waals surface area (Å²) in [5.74, 6) is 0.332. The summed E-state index contributed by atoms with van der Waals surface area (Å²) >= 11 is 0. The molecule has 18 heavy (non-hydrogen) atoms. The average Bonchev–Trinajstić information content (AvgIpc) is 2.37. The predicted octanol–water partition coefficient (Wildman–Crippen LogP) is 2.49. The molecule has 5 nitrogen and oxygen atoms in total. The molecule has 0 amide bonds. The third-order valence-electron chi connectivity index (χ3n) is 3.09. The van der Waals surface area contributed by atoms with E-state index in [9.17, 15) is 10.1 Å². The third-order valence-corrected chi connectivity index (χ3v) is 4.49. The number of ether oxygens (including phenoxy) is 1. The Balaban J connectivity index is 2.26. The van der Waals surface area contributed by atoms with E-state index in [4.69, 9.17) is 4.74 Å². The quantitative estimate of drug-likeness (QED) is 0.480. The van der Waals surface area contributed by atoms with Gasteiger partial charge in [0.2, 0.25) is 0 Å². The highest BCUT2D eigenvalue weighted by Gasteiger charge is 2.20. The van der Waals surface area contributed by atoms with Crippen molar-refractivity contribution in [1.82, 2.24) is 0 Å². The van der Waals surface area contributed by atoms with Gasteiger partial charge in [-0.15, -0.1) is 8.58 Å². The zero-order chi connectivity index (χ0) is 13.1. The van der Waals surface area contributed by atoms with E-state index in [-0.39, 0.29) is 5.69 Å². The molecule has 2 unspecified atom stereocenters. The highest BCUT2D eigenvalue weighted by Crippen LogP contribution is 2.34. The van der Waals surface area contributed by atoms with Crippen LogP contribution >= 0.6 is 8.58 Å². The molecule has 0 radical (unpaired) electrons. The standard InChI is InChI=1S/C12H17N2O3P/c1-9-8-13(5-6-18-9)10-3-4-11(14(15)16)12(7-10)17-2/h3-4,7,9,18H,5-6,8H2,1-2H3. The van der Waals surface area contributed by atoms with Crippen molar-refractivity contribution < 1.29 is 9.66 Å². The van der Waals surface area contributed by atoms with E-state index in [1.165, 1.54) is 19.3 Å². The fourth-order valence-corrected chi connectivity index (χ4v) is 3.42. The van der Waals surface area contributed by atoms with Crippen molar-refractivity contribution in [3.8, 4) is 5.75 Å². The molecule has 1 aliphatic heterocycles. The molecule has 98 valence electrons. The topological polar surface area (TPSA) is 55.6 Å². The van der Waals surface area contributed by atoms with Gasteiger partial charge in [0, 0.05) is 30.9 Å². The summed E-state index contributed by atoms with van der Waals surface area (Å²) in [6, 6.07) is 5.09. The average molecular weight is 268 g/mol. The van der Waals surface area contributed by atoms with Gasteiger partial charge in [-0.1, -0.05) is 6.92 Å². The zero-order valence-corrected chi connectivity index (χ0v) is 11.5. The van der Waals surface area contributed by atoms with Crippen molar-refractivity contribution in [3.63, 3.8) is 0 Å². The van der Waals surface area contributed by atoms with E-state index in [0.717, 1.165) is 27.4 Å². The molecule has 0 spiro atoms. The SMILES string of the molecule is COc1cc(N2CCPC(C)C2)ccc1[N+](=O)[O-]. The minimum absolute atomic E-state index is 0.0215. The maximum absolute atomic E-state index is 10.8. The van der Waals surface area contributed by atoms with Gasteiger partial charge in [-0.3, -0.25) is 10.1 Å². The Morgan fingerprint density at radius 2 is 2.33 bits per heavy atom. The molecule has 0 aromatic heterocycles. The summed E-state index contributed by atoms with van der Waals surface area (Å²) in [6.45, 7) is 4.27. The lowest BCUT2D eigenvalue weighted by molar-refractivity contribution is -0.385. The number of hydrogen-bond acceptors (Lipinski definition) is 4. The molecule has 2 atom stereocenters. The van der Waals surface area contributed by atoms with Gasteiger partial charge in [0.25, 0.3) is 0 Å². The third kappa shape index (κ3) is 2.72. The first kappa shape index (κ1) is 13.1. The van der Waals surface area contributed by atoms with Crippen LogP contribution in [0.4, 0.5) is 11.4 Å². The number of benzene rings is 1. The second kappa shape index (κ2) is 5.53. The Kier molecular flexibility index (Phi) is 4.02. The van der Waals surface area contributed by atoms with Gasteiger partial charge >= 0.3 is 5.69 Å². The molecule has 0 saturated carbocycles. The molecule has 1 fully saturated rings. The van der Waals surface area contributed by atoms with Gasteiger partial charge in [0.1, 0.15) is 0 Å². The van der Waals surface area contributed by atoms with Crippen LogP contribution in [0, 0.1) is 10.1 Å². The van der Waals surface area contributed by atoms with Crippen LogP contribution < -0.4 is 9.64 Å². The summed E-state index contributed by atoms with van der Waals surface area (Å²) in [6.07, 6.45) is 1.19. The van der Waals surface area contributed by atoms with Crippen LogP contribution in [0.3, 0.4) is 0 Å². The molecule has 2 rings (SSSR count). The minimum Gasteiger partial charge on any atom is -0.490 e. The van der Waals surface area contributed by atoms with Crippen LogP contribution in [0.2, 0.25) is 0 Å². The van der Waals surface area contributed by atoms with Gasteiger partial charge in [0.05, 0.1) is 12.0 Å². The zero-order valence-electron chi connectivity index (χ0n) is 10.5. The summed E-state index contributed by atoms with van der Waals surface area (Å²) in [4.78, 5) is 12.7. The Labute approximate surface area is 108 Å². The number of methoxy groups -OCH3 is 1. The number of hydrogen-bond donors (Lipinski definition) is 0. The normalized spacial score (nSPS) is 21.0. The van der Waals surface area contributed by atoms with E-state index in [1.54, 1.807) is 6.07 Å². The van der Waals surface area contributed by atoms with Gasteiger partial charge in [-0.05, 0) is 17.9 Å². The molecule has 0 bridgehead atoms. The number of nitrogens with zero attached hydrogens (tertiary/aromatic N) is 2. The summed E-state index contributed by atoms with van der Waals surface area (Å²) in [7, 11) is 2.48. The lowest BCUT2D eigenvalue weighted by atomic mass is 10.2. The highest BCUT2D eigenvalue weighted by molar-refractivity contribution is 7.39. The van der Waals surface area contributed by atoms with Gasteiger partial charge < -0.3 is 9.64 Å². The van der Waals surface area contributed by atoms with E-state index in [1.807, 2.05) is 6.07 Å². The van der Waals surface area contributed by atoms with Crippen molar-refractivity contribution in [1.29, 1.82) is 0 Å². The van der Waals surface area contributed by atoms with Crippen molar-refractivity contribution in [2.24, 2.45) is 0 Å². The molecular formula is C12H17N2O3P. The van der Waals surface area contributed by atoms with E-state index in [0.29, 0.717) is 11.4 Å². The molecule has 6 heteroatoms. The van der Waals surface area contributed by atoms with E-state index >= 15 is 0 Å². The molecule has 0 N–H and O–H groups in total. The number of nitro benzene ring substituents is 1. The van der Waals surface area contributed by atoms with Crippen LogP contribution in [0.1, 0.15) is 6.92 Å². The molecule has 0 aliphatic carbocycles. The van der Waals surface area contributed by atoms with E-state index in [2.05, 4.69) is 11.8 Å². The number of rotatable bonds is 3. The molecule has 1 aromatic rings. The van der Waals surface area contributed by atoms with Gasteiger partial charge in [-0.25, -0.2) is 0 Å². The van der Waals surface area contributed by atoms with Crippen LogP contribution in [0.15, 0.2) is 18.2 Å². The van der Waals surface area contributed by atoms with Crippen molar-refractivity contribution in [3.05, 3.63) is 28.3 Å². The maximum Gasteiger partial charge on any atom is 0.311 e. The second-order valence-electron chi connectivity index (χ2n) is 4.41. The fraction of sp³-hybridized carbons (Fsp3) is 0.500. The Hall–Kier alpha value is -1.35. The first-order valence-corrected chi connectivity index (χ1v) is 7.21. The predicted molar refractivity (Wildman–Crippen MR) is 74.5 cm³/mol. The molecule has 1 saturated heterocycles. The monoisotopic (exact) mass is 268 g/mol. The van der Waals surface area contributed by atoms with Crippen LogP contribution in [0.5, 0.6) is 5.75 Å². The van der Waals surface area contributed by atoms with E-state index < -0.39 is 4.92 Å². The number of anilines is 1. The Morgan fingerprint density at radius 3 is 2.94 bits per heavy atom. The van der Waals surface area contributed by atoms with Crippen molar-refractivity contribution in [2.75, 3.05) is 31.3 Å². The van der Waals surface area contributed by atoms with Crippen LogP contribution in [0.25, 0.3) is 0 Å². The lowest BCUT2D eigenvalue weighted by Gasteiger charge is -2.32. The Bertz CT molecular complexity index is 453. The summed E-state index contributed by atoms with van der Waals surface area (Å²) in [5, 5.41) is 10.8. The first-order valence-electron chi connectivity index (χ1n) is 5.92. The minimum atomic E-state index is -0.414. The van der Waals surface area contributed by atoms with Gasteiger partial charge in [0.15, 0.2) is 5.75 Å². The molecule has 1 aromatic carbocycles. The molecule has 1 heterocycles. The lowest BCUT2D eigenvalue weighted by Crippen LogP contribution is -2.35. The smallest absolute Gasteiger partial charge is 0.311 e. The van der Waals surface area contributed by atoms with Crippen molar-refractivity contribution >= 4 is 20.0 Å². The fourth-order valence-electron chi connectivity index (χ4n) is 2.18. The second-order valence-corrected chi connectivity index (χ2v) is 6.31. The summed E-state index contributed by atoms with van der Waals surface area (Å²) in [5.41, 5.74) is 1.72. The van der Waals surface area contributed by atoms with Gasteiger partial charge in [-0.2, -0.15) is 0 Å². The van der Waals surface area contributed by atoms with Crippen LogP contribution in [-0.4, -0.2) is 36.9 Å². The number of nitro groups is 1. The van der Waals surface area contributed by atoms with Crippen LogP contribution in [-0.2, 0) is 0 Å². The summed E-state index contributed by atoms with van der Waals surface area (Å²) < 4.78 is 5.10. The maximum atomic E-state index is 10.8.